The maximum absolute atomic E-state index is 12.4. The highest BCUT2D eigenvalue weighted by Crippen LogP contribution is 2.18. The minimum Gasteiger partial charge on any atom is -0.471 e. The first-order valence-corrected chi connectivity index (χ1v) is 7.47. The van der Waals surface area contributed by atoms with Crippen molar-refractivity contribution in [1.82, 2.24) is 15.1 Å². The van der Waals surface area contributed by atoms with Gasteiger partial charge in [0.25, 0.3) is 5.91 Å². The summed E-state index contributed by atoms with van der Waals surface area (Å²) in [6.45, 7) is 2.97. The summed E-state index contributed by atoms with van der Waals surface area (Å²) in [7, 11) is 0. The van der Waals surface area contributed by atoms with Gasteiger partial charge in [-0.3, -0.25) is 4.79 Å². The first kappa shape index (κ1) is 15.2. The Morgan fingerprint density at radius 3 is 2.87 bits per heavy atom. The maximum Gasteiger partial charge on any atom is 0.335 e. The summed E-state index contributed by atoms with van der Waals surface area (Å²) in [5.74, 6) is 0.289. The van der Waals surface area contributed by atoms with Gasteiger partial charge in [-0.25, -0.2) is 4.79 Å². The van der Waals surface area contributed by atoms with Gasteiger partial charge in [0, 0.05) is 18.7 Å². The molecule has 3 heterocycles. The number of aryl methyl sites for hydroxylation is 1. The van der Waals surface area contributed by atoms with E-state index in [9.17, 15) is 9.59 Å². The fourth-order valence-corrected chi connectivity index (χ4v) is 2.50. The van der Waals surface area contributed by atoms with Crippen LogP contribution in [-0.4, -0.2) is 40.2 Å². The van der Waals surface area contributed by atoms with Crippen LogP contribution < -0.4 is 10.4 Å². The molecule has 1 amide bonds. The van der Waals surface area contributed by atoms with Crippen LogP contribution in [0, 0.1) is 6.92 Å². The molecular weight excluding hydrogens is 298 g/mol. The molecule has 0 saturated carbocycles. The Balaban J connectivity index is 1.65. The molecule has 0 spiro atoms. The molecule has 1 aliphatic rings. The Labute approximate surface area is 132 Å². The zero-order valence-corrected chi connectivity index (χ0v) is 12.8. The normalized spacial score (nSPS) is 17.8. The van der Waals surface area contributed by atoms with Gasteiger partial charge in [0.15, 0.2) is 0 Å². The Hall–Kier alpha value is -2.70. The van der Waals surface area contributed by atoms with Crippen molar-refractivity contribution < 1.29 is 13.9 Å². The number of aromatic nitrogens is 2. The molecule has 1 unspecified atom stereocenters. The Morgan fingerprint density at radius 1 is 1.30 bits per heavy atom. The van der Waals surface area contributed by atoms with Gasteiger partial charge >= 0.3 is 5.63 Å². The molecule has 0 radical (unpaired) electrons. The van der Waals surface area contributed by atoms with Crippen LogP contribution in [0.2, 0.25) is 0 Å². The highest BCUT2D eigenvalue weighted by molar-refractivity contribution is 5.93. The third-order valence-electron chi connectivity index (χ3n) is 3.67. The lowest BCUT2D eigenvalue weighted by atomic mass is 10.1. The summed E-state index contributed by atoms with van der Waals surface area (Å²) in [6, 6.07) is 6.33. The fourth-order valence-electron chi connectivity index (χ4n) is 2.50. The van der Waals surface area contributed by atoms with Crippen LogP contribution in [0.4, 0.5) is 0 Å². The van der Waals surface area contributed by atoms with E-state index in [0.29, 0.717) is 24.5 Å². The average Bonchev–Trinajstić information content (AvgIpc) is 2.57. The molecular formula is C16H17N3O4. The molecule has 1 fully saturated rings. The molecule has 2 aromatic rings. The van der Waals surface area contributed by atoms with E-state index in [0.717, 1.165) is 18.5 Å². The van der Waals surface area contributed by atoms with Crippen LogP contribution in [0.5, 0.6) is 5.88 Å². The molecule has 7 nitrogen and oxygen atoms in total. The lowest BCUT2D eigenvalue weighted by molar-refractivity contribution is 0.0523. The van der Waals surface area contributed by atoms with Crippen molar-refractivity contribution in [3.05, 3.63) is 52.2 Å². The van der Waals surface area contributed by atoms with Crippen molar-refractivity contribution >= 4 is 5.91 Å². The van der Waals surface area contributed by atoms with Gasteiger partial charge in [-0.2, -0.15) is 5.10 Å². The largest absolute Gasteiger partial charge is 0.471 e. The zero-order chi connectivity index (χ0) is 16.2. The molecule has 7 heteroatoms. The minimum atomic E-state index is -0.473. The molecule has 120 valence electrons. The van der Waals surface area contributed by atoms with E-state index >= 15 is 0 Å². The number of piperidine rings is 1. The molecule has 1 saturated heterocycles. The summed E-state index contributed by atoms with van der Waals surface area (Å²) < 4.78 is 10.6. The number of amides is 1. The van der Waals surface area contributed by atoms with E-state index in [4.69, 9.17) is 9.15 Å². The van der Waals surface area contributed by atoms with Gasteiger partial charge in [-0.05, 0) is 31.9 Å². The summed E-state index contributed by atoms with van der Waals surface area (Å²) in [4.78, 5) is 25.1. The zero-order valence-electron chi connectivity index (χ0n) is 12.8. The van der Waals surface area contributed by atoms with Crippen LogP contribution in [0.25, 0.3) is 0 Å². The van der Waals surface area contributed by atoms with Crippen LogP contribution >= 0.6 is 0 Å². The van der Waals surface area contributed by atoms with Crippen LogP contribution in [0.3, 0.4) is 0 Å². The predicted octanol–water partition coefficient (Wildman–Crippen LogP) is 1.42. The third kappa shape index (κ3) is 3.74. The van der Waals surface area contributed by atoms with Crippen molar-refractivity contribution in [2.45, 2.75) is 25.9 Å². The minimum absolute atomic E-state index is 0.125. The Bertz CT molecular complexity index is 721. The van der Waals surface area contributed by atoms with E-state index < -0.39 is 5.63 Å². The van der Waals surface area contributed by atoms with Crippen LogP contribution in [0.1, 0.15) is 28.9 Å². The number of rotatable bonds is 3. The molecule has 0 aromatic carbocycles. The predicted molar refractivity (Wildman–Crippen MR) is 81.3 cm³/mol. The SMILES string of the molecule is Cc1ccc(OC2CCCN(C(=O)c3ccc(=O)oc3)C2)nn1. The molecule has 0 bridgehead atoms. The van der Waals surface area contributed by atoms with Crippen molar-refractivity contribution in [2.75, 3.05) is 13.1 Å². The van der Waals surface area contributed by atoms with E-state index in [2.05, 4.69) is 10.2 Å². The second-order valence-corrected chi connectivity index (χ2v) is 5.49. The number of carbonyl (C=O) groups excluding carboxylic acids is 1. The summed E-state index contributed by atoms with van der Waals surface area (Å²) in [5, 5.41) is 7.94. The number of hydrogen-bond acceptors (Lipinski definition) is 6. The van der Waals surface area contributed by atoms with Crippen LogP contribution in [0.15, 0.2) is 39.7 Å². The molecule has 3 rings (SSSR count). The topological polar surface area (TPSA) is 85.5 Å². The number of nitrogens with zero attached hydrogens (tertiary/aromatic N) is 3. The quantitative estimate of drug-likeness (QED) is 0.851. The molecule has 1 aliphatic heterocycles. The van der Waals surface area contributed by atoms with Crippen molar-refractivity contribution in [3.8, 4) is 5.88 Å². The first-order valence-electron chi connectivity index (χ1n) is 7.47. The van der Waals surface area contributed by atoms with Gasteiger partial charge in [0.05, 0.1) is 17.8 Å². The smallest absolute Gasteiger partial charge is 0.335 e. The van der Waals surface area contributed by atoms with E-state index in [1.165, 1.54) is 18.4 Å². The second kappa shape index (κ2) is 6.60. The van der Waals surface area contributed by atoms with E-state index in [1.54, 1.807) is 11.0 Å². The van der Waals surface area contributed by atoms with E-state index in [-0.39, 0.29) is 12.0 Å². The molecule has 2 aromatic heterocycles. The standard InChI is InChI=1S/C16H17N3O4/c1-11-4-6-14(18-17-11)23-13-3-2-8-19(9-13)16(21)12-5-7-15(20)22-10-12/h4-7,10,13H,2-3,8-9H2,1H3. The summed E-state index contributed by atoms with van der Waals surface area (Å²) in [5.41, 5.74) is 0.711. The van der Waals surface area contributed by atoms with Crippen molar-refractivity contribution in [1.29, 1.82) is 0 Å². The number of ether oxygens (including phenoxy) is 1. The number of hydrogen-bond donors (Lipinski definition) is 0. The van der Waals surface area contributed by atoms with Crippen molar-refractivity contribution in [3.63, 3.8) is 0 Å². The van der Waals surface area contributed by atoms with Gasteiger partial charge in [0.2, 0.25) is 5.88 Å². The average molecular weight is 315 g/mol. The highest BCUT2D eigenvalue weighted by atomic mass is 16.5. The Kier molecular flexibility index (Phi) is 4.36. The van der Waals surface area contributed by atoms with E-state index in [1.807, 2.05) is 13.0 Å². The molecule has 0 N–H and O–H groups in total. The molecule has 0 aliphatic carbocycles. The van der Waals surface area contributed by atoms with Gasteiger partial charge in [-0.1, -0.05) is 0 Å². The van der Waals surface area contributed by atoms with Crippen LogP contribution in [-0.2, 0) is 0 Å². The second-order valence-electron chi connectivity index (χ2n) is 5.49. The number of likely N-dealkylation sites (tertiary alicyclic amines) is 1. The Morgan fingerprint density at radius 2 is 2.17 bits per heavy atom. The third-order valence-corrected chi connectivity index (χ3v) is 3.67. The lowest BCUT2D eigenvalue weighted by Gasteiger charge is -2.32. The summed E-state index contributed by atoms with van der Waals surface area (Å²) in [6.07, 6.45) is 2.76. The van der Waals surface area contributed by atoms with Gasteiger partial charge < -0.3 is 14.1 Å². The summed E-state index contributed by atoms with van der Waals surface area (Å²) >= 11 is 0. The van der Waals surface area contributed by atoms with Gasteiger partial charge in [0.1, 0.15) is 12.4 Å². The molecule has 23 heavy (non-hydrogen) atoms. The highest BCUT2D eigenvalue weighted by Gasteiger charge is 2.26. The van der Waals surface area contributed by atoms with Crippen molar-refractivity contribution in [2.24, 2.45) is 0 Å². The maximum atomic E-state index is 12.4. The molecule has 1 atom stereocenters. The fraction of sp³-hybridized carbons (Fsp3) is 0.375. The monoisotopic (exact) mass is 315 g/mol. The number of carbonyl (C=O) groups is 1. The van der Waals surface area contributed by atoms with Gasteiger partial charge in [-0.15, -0.1) is 5.10 Å². The lowest BCUT2D eigenvalue weighted by Crippen LogP contribution is -2.44. The first-order chi connectivity index (χ1) is 11.1.